The molecule has 2 atom stereocenters. The lowest BCUT2D eigenvalue weighted by Crippen LogP contribution is -2.37. The van der Waals surface area contributed by atoms with Crippen molar-refractivity contribution in [1.82, 2.24) is 10.3 Å². The quantitative estimate of drug-likeness (QED) is 0.697. The summed E-state index contributed by atoms with van der Waals surface area (Å²) in [5.74, 6) is 0.341. The van der Waals surface area contributed by atoms with E-state index in [9.17, 15) is 5.11 Å². The van der Waals surface area contributed by atoms with E-state index in [1.165, 1.54) is 0 Å². The van der Waals surface area contributed by atoms with Crippen molar-refractivity contribution in [2.24, 2.45) is 5.92 Å². The van der Waals surface area contributed by atoms with Gasteiger partial charge in [-0.1, -0.05) is 0 Å². The summed E-state index contributed by atoms with van der Waals surface area (Å²) in [4.78, 5) is 4.04. The van der Waals surface area contributed by atoms with Crippen LogP contribution in [0.5, 0.6) is 0 Å². The second kappa shape index (κ2) is 5.27. The fraction of sp³-hybridized carbons (Fsp3) is 0.583. The number of rotatable bonds is 3. The molecule has 0 radical (unpaired) electrons. The van der Waals surface area contributed by atoms with Crippen LogP contribution in [0.4, 0.5) is 5.69 Å². The largest absolute Gasteiger partial charge is 0.398 e. The third-order valence-corrected chi connectivity index (χ3v) is 3.25. The number of nitrogens with two attached hydrogens (primary N) is 1. The number of pyridine rings is 1. The van der Waals surface area contributed by atoms with Gasteiger partial charge in [-0.2, -0.15) is 0 Å². The molecule has 4 nitrogen and oxygen atoms in total. The number of hydrogen-bond donors (Lipinski definition) is 3. The predicted octanol–water partition coefficient (Wildman–Crippen LogP) is 0.567. The number of nitrogen functional groups attached to an aromatic ring is 1. The lowest BCUT2D eigenvalue weighted by atomic mass is 9.90. The highest BCUT2D eigenvalue weighted by molar-refractivity contribution is 5.44. The summed E-state index contributed by atoms with van der Waals surface area (Å²) in [6, 6.07) is 1.78. The fourth-order valence-electron chi connectivity index (χ4n) is 2.21. The molecule has 2 rings (SSSR count). The standard InChI is InChI=1S/C12H19N3O/c13-11-3-5-15-8-10(11)6-12(16)9-2-1-4-14-7-9/h3,5,8-9,12,14,16H,1-2,4,6-7H2,(H2,13,15). The highest BCUT2D eigenvalue weighted by Gasteiger charge is 2.22. The molecular weight excluding hydrogens is 202 g/mol. The first-order valence-corrected chi connectivity index (χ1v) is 5.84. The monoisotopic (exact) mass is 221 g/mol. The first-order valence-electron chi connectivity index (χ1n) is 5.84. The molecule has 16 heavy (non-hydrogen) atoms. The van der Waals surface area contributed by atoms with Crippen molar-refractivity contribution in [3.63, 3.8) is 0 Å². The first-order chi connectivity index (χ1) is 7.77. The van der Waals surface area contributed by atoms with E-state index in [0.717, 1.165) is 37.2 Å². The minimum atomic E-state index is -0.320. The molecular formula is C12H19N3O. The van der Waals surface area contributed by atoms with Gasteiger partial charge in [0.1, 0.15) is 0 Å². The third-order valence-electron chi connectivity index (χ3n) is 3.25. The second-order valence-electron chi connectivity index (χ2n) is 4.45. The molecule has 4 heteroatoms. The van der Waals surface area contributed by atoms with Gasteiger partial charge in [0.25, 0.3) is 0 Å². The number of hydrogen-bond acceptors (Lipinski definition) is 4. The van der Waals surface area contributed by atoms with Crippen LogP contribution in [0, 0.1) is 5.92 Å². The summed E-state index contributed by atoms with van der Waals surface area (Å²) in [5, 5.41) is 13.4. The Morgan fingerprint density at radius 3 is 3.19 bits per heavy atom. The summed E-state index contributed by atoms with van der Waals surface area (Å²) in [5.41, 5.74) is 7.50. The van der Waals surface area contributed by atoms with E-state index in [1.54, 1.807) is 18.5 Å². The van der Waals surface area contributed by atoms with Gasteiger partial charge < -0.3 is 16.2 Å². The van der Waals surface area contributed by atoms with Gasteiger partial charge in [0.15, 0.2) is 0 Å². The molecule has 88 valence electrons. The SMILES string of the molecule is Nc1ccncc1CC(O)C1CCCNC1. The topological polar surface area (TPSA) is 71.2 Å². The van der Waals surface area contributed by atoms with Crippen molar-refractivity contribution in [3.8, 4) is 0 Å². The van der Waals surface area contributed by atoms with E-state index in [2.05, 4.69) is 10.3 Å². The van der Waals surface area contributed by atoms with Crippen LogP contribution in [-0.4, -0.2) is 29.3 Å². The van der Waals surface area contributed by atoms with Gasteiger partial charge >= 0.3 is 0 Å². The number of aliphatic hydroxyl groups excluding tert-OH is 1. The maximum Gasteiger partial charge on any atom is 0.0622 e. The van der Waals surface area contributed by atoms with Gasteiger partial charge in [-0.25, -0.2) is 0 Å². The van der Waals surface area contributed by atoms with Gasteiger partial charge in [-0.3, -0.25) is 4.98 Å². The van der Waals surface area contributed by atoms with E-state index >= 15 is 0 Å². The average Bonchev–Trinajstić information content (AvgIpc) is 2.33. The van der Waals surface area contributed by atoms with Crippen LogP contribution in [0.15, 0.2) is 18.5 Å². The summed E-state index contributed by atoms with van der Waals surface area (Å²) >= 11 is 0. The Balaban J connectivity index is 1.96. The molecule has 0 aliphatic carbocycles. The lowest BCUT2D eigenvalue weighted by Gasteiger charge is -2.27. The molecule has 0 spiro atoms. The predicted molar refractivity (Wildman–Crippen MR) is 64.0 cm³/mol. The van der Waals surface area contributed by atoms with Crippen molar-refractivity contribution < 1.29 is 5.11 Å². The lowest BCUT2D eigenvalue weighted by molar-refractivity contribution is 0.0923. The molecule has 1 aliphatic rings. The van der Waals surface area contributed by atoms with E-state index in [4.69, 9.17) is 5.73 Å². The zero-order valence-corrected chi connectivity index (χ0v) is 9.39. The van der Waals surface area contributed by atoms with Crippen molar-refractivity contribution in [3.05, 3.63) is 24.0 Å². The molecule has 0 aromatic carbocycles. The number of aromatic nitrogens is 1. The maximum atomic E-state index is 10.1. The van der Waals surface area contributed by atoms with Crippen LogP contribution in [0.2, 0.25) is 0 Å². The number of anilines is 1. The van der Waals surface area contributed by atoms with E-state index in [-0.39, 0.29) is 6.10 Å². The van der Waals surface area contributed by atoms with Crippen molar-refractivity contribution in [2.75, 3.05) is 18.8 Å². The highest BCUT2D eigenvalue weighted by Crippen LogP contribution is 2.20. The van der Waals surface area contributed by atoms with Crippen LogP contribution < -0.4 is 11.1 Å². The first kappa shape index (κ1) is 11.4. The molecule has 1 saturated heterocycles. The Hall–Kier alpha value is -1.13. The smallest absolute Gasteiger partial charge is 0.0622 e. The van der Waals surface area contributed by atoms with Crippen LogP contribution >= 0.6 is 0 Å². The van der Waals surface area contributed by atoms with Gasteiger partial charge in [-0.05, 0) is 36.9 Å². The van der Waals surface area contributed by atoms with Crippen LogP contribution in [0.25, 0.3) is 0 Å². The number of aliphatic hydroxyl groups is 1. The normalized spacial score (nSPS) is 22.9. The van der Waals surface area contributed by atoms with Crippen molar-refractivity contribution >= 4 is 5.69 Å². The minimum Gasteiger partial charge on any atom is -0.398 e. The molecule has 1 aliphatic heterocycles. The Bertz CT molecular complexity index is 337. The Morgan fingerprint density at radius 1 is 1.62 bits per heavy atom. The van der Waals surface area contributed by atoms with Gasteiger partial charge in [-0.15, -0.1) is 0 Å². The molecule has 4 N–H and O–H groups in total. The van der Waals surface area contributed by atoms with Crippen LogP contribution in [0.3, 0.4) is 0 Å². The second-order valence-corrected chi connectivity index (χ2v) is 4.45. The maximum absolute atomic E-state index is 10.1. The molecule has 1 aromatic heterocycles. The molecule has 0 bridgehead atoms. The summed E-state index contributed by atoms with van der Waals surface area (Å²) in [6.07, 6.45) is 5.94. The number of nitrogens with zero attached hydrogens (tertiary/aromatic N) is 1. The van der Waals surface area contributed by atoms with E-state index < -0.39 is 0 Å². The third kappa shape index (κ3) is 2.71. The van der Waals surface area contributed by atoms with E-state index in [0.29, 0.717) is 12.3 Å². The Morgan fingerprint density at radius 2 is 2.50 bits per heavy atom. The highest BCUT2D eigenvalue weighted by atomic mass is 16.3. The summed E-state index contributed by atoms with van der Waals surface area (Å²) < 4.78 is 0. The summed E-state index contributed by atoms with van der Waals surface area (Å²) in [6.45, 7) is 1.97. The number of piperidine rings is 1. The molecule has 2 heterocycles. The number of nitrogens with one attached hydrogen (secondary N) is 1. The molecule has 0 amide bonds. The van der Waals surface area contributed by atoms with Gasteiger partial charge in [0.2, 0.25) is 0 Å². The van der Waals surface area contributed by atoms with Gasteiger partial charge in [0.05, 0.1) is 6.10 Å². The van der Waals surface area contributed by atoms with E-state index in [1.807, 2.05) is 0 Å². The Kier molecular flexibility index (Phi) is 3.74. The molecule has 0 saturated carbocycles. The van der Waals surface area contributed by atoms with Gasteiger partial charge in [0, 0.05) is 31.0 Å². The summed E-state index contributed by atoms with van der Waals surface area (Å²) in [7, 11) is 0. The molecule has 2 unspecified atom stereocenters. The molecule has 1 fully saturated rings. The Labute approximate surface area is 95.9 Å². The zero-order chi connectivity index (χ0) is 11.4. The average molecular weight is 221 g/mol. The van der Waals surface area contributed by atoms with Crippen molar-refractivity contribution in [2.45, 2.75) is 25.4 Å². The molecule has 1 aromatic rings. The van der Waals surface area contributed by atoms with Crippen LogP contribution in [0.1, 0.15) is 18.4 Å². The minimum absolute atomic E-state index is 0.320. The van der Waals surface area contributed by atoms with Crippen LogP contribution in [-0.2, 0) is 6.42 Å². The van der Waals surface area contributed by atoms with Crippen molar-refractivity contribution in [1.29, 1.82) is 0 Å². The zero-order valence-electron chi connectivity index (χ0n) is 9.39. The fourth-order valence-corrected chi connectivity index (χ4v) is 2.21.